The highest BCUT2D eigenvalue weighted by Crippen LogP contribution is 2.69. The average Bonchev–Trinajstić information content (AvgIpc) is 3.07. The lowest BCUT2D eigenvalue weighted by Gasteiger charge is -2.61. The molecule has 0 unspecified atom stereocenters. The molecular formula is C28H27BO2. The van der Waals surface area contributed by atoms with E-state index in [0.29, 0.717) is 17.3 Å². The van der Waals surface area contributed by atoms with Gasteiger partial charge in [0.25, 0.3) is 0 Å². The Balaban J connectivity index is 1.49. The summed E-state index contributed by atoms with van der Waals surface area (Å²) in [5.41, 5.74) is 8.74. The fraction of sp³-hybridized carbons (Fsp3) is 0.357. The van der Waals surface area contributed by atoms with Gasteiger partial charge in [-0.2, -0.15) is 0 Å². The van der Waals surface area contributed by atoms with Crippen LogP contribution in [-0.4, -0.2) is 17.2 Å². The Morgan fingerprint density at radius 3 is 2.03 bits per heavy atom. The molecule has 4 saturated carbocycles. The van der Waals surface area contributed by atoms with Gasteiger partial charge in [0.15, 0.2) is 0 Å². The van der Waals surface area contributed by atoms with E-state index in [-0.39, 0.29) is 5.41 Å². The predicted molar refractivity (Wildman–Crippen MR) is 125 cm³/mol. The van der Waals surface area contributed by atoms with Crippen LogP contribution < -0.4 is 5.46 Å². The van der Waals surface area contributed by atoms with Gasteiger partial charge in [-0.1, -0.05) is 60.7 Å². The average molecular weight is 406 g/mol. The lowest BCUT2D eigenvalue weighted by molar-refractivity contribution is -0.0399. The first-order valence-corrected chi connectivity index (χ1v) is 11.9. The third-order valence-electron chi connectivity index (χ3n) is 9.08. The van der Waals surface area contributed by atoms with Crippen molar-refractivity contribution in [2.45, 2.75) is 37.5 Å². The van der Waals surface area contributed by atoms with Crippen molar-refractivity contribution in [2.24, 2.45) is 23.7 Å². The van der Waals surface area contributed by atoms with Crippen molar-refractivity contribution in [3.05, 3.63) is 77.9 Å². The summed E-state index contributed by atoms with van der Waals surface area (Å²) in [6.07, 6.45) is 6.76. The van der Waals surface area contributed by atoms with Crippen molar-refractivity contribution in [2.75, 3.05) is 0 Å². The second-order valence-corrected chi connectivity index (χ2v) is 10.5. The highest BCUT2D eigenvalue weighted by atomic mass is 16.4. The molecule has 0 heterocycles. The molecule has 4 bridgehead atoms. The molecule has 154 valence electrons. The number of benzene rings is 3. The first-order chi connectivity index (χ1) is 15.1. The van der Waals surface area contributed by atoms with Gasteiger partial charge in [-0.15, -0.1) is 0 Å². The zero-order valence-corrected chi connectivity index (χ0v) is 17.7. The first kappa shape index (κ1) is 18.2. The Bertz CT molecular complexity index is 1150. The fourth-order valence-corrected chi connectivity index (χ4v) is 8.19. The van der Waals surface area contributed by atoms with Crippen LogP contribution in [0.5, 0.6) is 0 Å². The van der Waals surface area contributed by atoms with Gasteiger partial charge in [-0.3, -0.25) is 0 Å². The molecule has 0 amide bonds. The van der Waals surface area contributed by atoms with E-state index in [2.05, 4.69) is 60.7 Å². The highest BCUT2D eigenvalue weighted by molar-refractivity contribution is 6.58. The van der Waals surface area contributed by atoms with Crippen LogP contribution in [0, 0.1) is 23.7 Å². The Kier molecular flexibility index (Phi) is 3.73. The Morgan fingerprint density at radius 1 is 0.645 bits per heavy atom. The Morgan fingerprint density at radius 2 is 1.35 bits per heavy atom. The summed E-state index contributed by atoms with van der Waals surface area (Å²) in [5, 5.41) is 19.9. The molecule has 3 aromatic carbocycles. The van der Waals surface area contributed by atoms with Crippen molar-refractivity contribution in [1.29, 1.82) is 0 Å². The van der Waals surface area contributed by atoms with Gasteiger partial charge in [-0.05, 0) is 101 Å². The van der Waals surface area contributed by atoms with Crippen molar-refractivity contribution in [3.8, 4) is 22.3 Å². The van der Waals surface area contributed by atoms with E-state index in [1.54, 1.807) is 0 Å². The lowest BCUT2D eigenvalue weighted by Crippen LogP contribution is -2.55. The minimum atomic E-state index is -1.41. The van der Waals surface area contributed by atoms with Gasteiger partial charge >= 0.3 is 7.12 Å². The van der Waals surface area contributed by atoms with E-state index in [1.165, 1.54) is 65.5 Å². The molecule has 1 spiro atoms. The van der Waals surface area contributed by atoms with Crippen LogP contribution in [0.3, 0.4) is 0 Å². The van der Waals surface area contributed by atoms with E-state index in [4.69, 9.17) is 0 Å². The standard InChI is InChI=1S/C28H27BO2/c30-29(31)23-7-8-24-25-15-20(19-4-2-1-3-5-19)6-9-26(25)28(27(24)16-23)21-11-17-10-18(13-21)14-22(28)12-17/h1-9,15-18,21-22,30-31H,10-14H2. The van der Waals surface area contributed by atoms with Gasteiger partial charge in [0.1, 0.15) is 0 Å². The third kappa shape index (κ3) is 2.37. The molecule has 0 aromatic heterocycles. The van der Waals surface area contributed by atoms with E-state index in [1.807, 2.05) is 6.07 Å². The Labute approximate surface area is 184 Å². The van der Waals surface area contributed by atoms with Crippen molar-refractivity contribution in [1.82, 2.24) is 0 Å². The van der Waals surface area contributed by atoms with E-state index in [9.17, 15) is 10.0 Å². The fourth-order valence-electron chi connectivity index (χ4n) is 8.19. The third-order valence-corrected chi connectivity index (χ3v) is 9.08. The minimum Gasteiger partial charge on any atom is -0.423 e. The van der Waals surface area contributed by atoms with Gasteiger partial charge in [0.2, 0.25) is 0 Å². The minimum absolute atomic E-state index is 0.0538. The Hall–Kier alpha value is -2.36. The van der Waals surface area contributed by atoms with E-state index >= 15 is 0 Å². The van der Waals surface area contributed by atoms with Crippen LogP contribution in [0.2, 0.25) is 0 Å². The summed E-state index contributed by atoms with van der Waals surface area (Å²) in [6, 6.07) is 23.9. The van der Waals surface area contributed by atoms with Crippen LogP contribution in [-0.2, 0) is 5.41 Å². The van der Waals surface area contributed by atoms with Crippen molar-refractivity contribution in [3.63, 3.8) is 0 Å². The molecule has 31 heavy (non-hydrogen) atoms. The molecule has 0 atom stereocenters. The summed E-state index contributed by atoms with van der Waals surface area (Å²) in [7, 11) is -1.41. The van der Waals surface area contributed by atoms with Gasteiger partial charge in [0.05, 0.1) is 0 Å². The largest absolute Gasteiger partial charge is 0.488 e. The van der Waals surface area contributed by atoms with Crippen LogP contribution in [0.25, 0.3) is 22.3 Å². The molecule has 0 aliphatic heterocycles. The van der Waals surface area contributed by atoms with Crippen LogP contribution in [0.15, 0.2) is 66.7 Å². The highest BCUT2D eigenvalue weighted by Gasteiger charge is 2.61. The molecule has 5 aliphatic rings. The predicted octanol–water partition coefficient (Wildman–Crippen LogP) is 4.76. The smallest absolute Gasteiger partial charge is 0.423 e. The van der Waals surface area contributed by atoms with E-state index < -0.39 is 7.12 Å². The molecule has 5 aliphatic carbocycles. The summed E-state index contributed by atoms with van der Waals surface area (Å²) in [5.74, 6) is 3.15. The maximum absolute atomic E-state index is 9.96. The van der Waals surface area contributed by atoms with Gasteiger partial charge in [-0.25, -0.2) is 0 Å². The quantitative estimate of drug-likeness (QED) is 0.603. The molecule has 2 nitrogen and oxygen atoms in total. The van der Waals surface area contributed by atoms with Crippen LogP contribution >= 0.6 is 0 Å². The maximum atomic E-state index is 9.96. The maximum Gasteiger partial charge on any atom is 0.488 e. The number of hydrogen-bond donors (Lipinski definition) is 2. The van der Waals surface area contributed by atoms with Crippen LogP contribution in [0.1, 0.15) is 43.2 Å². The topological polar surface area (TPSA) is 40.5 Å². The van der Waals surface area contributed by atoms with E-state index in [0.717, 1.165) is 11.8 Å². The zero-order chi connectivity index (χ0) is 20.7. The molecule has 3 heteroatoms. The normalized spacial score (nSPS) is 31.7. The van der Waals surface area contributed by atoms with Crippen molar-refractivity contribution >= 4 is 12.6 Å². The summed E-state index contributed by atoms with van der Waals surface area (Å²) in [6.45, 7) is 0. The second-order valence-electron chi connectivity index (χ2n) is 10.5. The van der Waals surface area contributed by atoms with Gasteiger partial charge in [0, 0.05) is 5.41 Å². The molecule has 2 N–H and O–H groups in total. The number of hydrogen-bond acceptors (Lipinski definition) is 2. The SMILES string of the molecule is OB(O)c1ccc2c(c1)C1(c3ccc(-c4ccccc4)cc3-2)C2CC3CC(C2)CC1C3. The first-order valence-electron chi connectivity index (χ1n) is 11.9. The molecule has 0 radical (unpaired) electrons. The zero-order valence-electron chi connectivity index (χ0n) is 17.7. The van der Waals surface area contributed by atoms with Crippen LogP contribution in [0.4, 0.5) is 0 Å². The lowest BCUT2D eigenvalue weighted by atomic mass is 9.43. The molecular weight excluding hydrogens is 379 g/mol. The molecule has 4 fully saturated rings. The summed E-state index contributed by atoms with van der Waals surface area (Å²) >= 11 is 0. The molecule has 3 aromatic rings. The summed E-state index contributed by atoms with van der Waals surface area (Å²) < 4.78 is 0. The number of rotatable bonds is 2. The summed E-state index contributed by atoms with van der Waals surface area (Å²) in [4.78, 5) is 0. The van der Waals surface area contributed by atoms with Gasteiger partial charge < -0.3 is 10.0 Å². The molecule has 0 saturated heterocycles. The molecule has 8 rings (SSSR count). The second kappa shape index (κ2) is 6.34. The monoisotopic (exact) mass is 406 g/mol. The van der Waals surface area contributed by atoms with Crippen molar-refractivity contribution < 1.29 is 10.0 Å². The number of fused-ring (bicyclic) bond motifs is 3.